The molecule has 0 heterocycles. The highest BCUT2D eigenvalue weighted by atomic mass is 19.1. The fourth-order valence-electron chi connectivity index (χ4n) is 2.49. The molecule has 1 atom stereocenters. The summed E-state index contributed by atoms with van der Waals surface area (Å²) in [6, 6.07) is 6.54. The second kappa shape index (κ2) is 8.22. The number of halogens is 1. The van der Waals surface area contributed by atoms with E-state index in [-0.39, 0.29) is 18.0 Å². The summed E-state index contributed by atoms with van der Waals surface area (Å²) in [7, 11) is 2.01. The number of hydrogen-bond donors (Lipinski definition) is 2. The average Bonchev–Trinajstić information content (AvgIpc) is 2.47. The summed E-state index contributed by atoms with van der Waals surface area (Å²) in [5, 5.41) is 13.0. The van der Waals surface area contributed by atoms with Crippen LogP contribution in [0.2, 0.25) is 0 Å². The molecule has 1 unspecified atom stereocenters. The molecular formula is C16H27FN2O. The molecule has 1 aromatic carbocycles. The monoisotopic (exact) mass is 282 g/mol. The van der Waals surface area contributed by atoms with Crippen molar-refractivity contribution in [2.75, 3.05) is 31.6 Å². The van der Waals surface area contributed by atoms with Gasteiger partial charge in [-0.15, -0.1) is 0 Å². The van der Waals surface area contributed by atoms with Gasteiger partial charge in [-0.25, -0.2) is 4.39 Å². The lowest BCUT2D eigenvalue weighted by atomic mass is 9.91. The predicted molar refractivity (Wildman–Crippen MR) is 82.7 cm³/mol. The van der Waals surface area contributed by atoms with E-state index in [0.29, 0.717) is 0 Å². The first kappa shape index (κ1) is 16.9. The van der Waals surface area contributed by atoms with Gasteiger partial charge in [0, 0.05) is 24.8 Å². The quantitative estimate of drug-likeness (QED) is 0.731. The molecule has 0 bridgehead atoms. The van der Waals surface area contributed by atoms with Crippen molar-refractivity contribution in [1.82, 2.24) is 5.32 Å². The normalized spacial score (nSPS) is 14.1. The predicted octanol–water partition coefficient (Wildman–Crippen LogP) is 2.79. The molecule has 1 rings (SSSR count). The zero-order chi connectivity index (χ0) is 15.0. The van der Waals surface area contributed by atoms with Crippen LogP contribution in [0.1, 0.15) is 33.1 Å². The number of aliphatic hydroxyl groups excluding tert-OH is 1. The van der Waals surface area contributed by atoms with Crippen molar-refractivity contribution in [2.45, 2.75) is 38.6 Å². The number of nitrogens with zero attached hydrogens (tertiary/aromatic N) is 1. The van der Waals surface area contributed by atoms with E-state index in [1.165, 1.54) is 12.1 Å². The molecule has 1 aromatic rings. The minimum Gasteiger partial charge on any atom is -0.394 e. The Balaban J connectivity index is 2.47. The second-order valence-electron chi connectivity index (χ2n) is 5.32. The number of anilines is 1. The molecular weight excluding hydrogens is 255 g/mol. The number of aliphatic hydroxyl groups is 1. The molecule has 0 saturated carbocycles. The summed E-state index contributed by atoms with van der Waals surface area (Å²) in [6.07, 6.45) is 2.83. The Morgan fingerprint density at radius 3 is 2.40 bits per heavy atom. The van der Waals surface area contributed by atoms with E-state index in [0.717, 1.165) is 38.0 Å². The van der Waals surface area contributed by atoms with Gasteiger partial charge in [0.1, 0.15) is 5.82 Å². The molecule has 2 N–H and O–H groups in total. The molecule has 0 radical (unpaired) electrons. The van der Waals surface area contributed by atoms with E-state index in [1.807, 2.05) is 7.05 Å². The third kappa shape index (κ3) is 4.76. The summed E-state index contributed by atoms with van der Waals surface area (Å²) in [5.41, 5.74) is 0.846. The van der Waals surface area contributed by atoms with Gasteiger partial charge in [0.15, 0.2) is 0 Å². The van der Waals surface area contributed by atoms with Crippen LogP contribution < -0.4 is 10.2 Å². The molecule has 114 valence electrons. The van der Waals surface area contributed by atoms with Gasteiger partial charge in [-0.3, -0.25) is 0 Å². The molecule has 0 aliphatic carbocycles. The van der Waals surface area contributed by atoms with E-state index < -0.39 is 0 Å². The standard InChI is InChI=1S/C16H27FN2O/c1-4-16(13-20,18-5-2)11-6-12-19(3)15-9-7-14(17)8-10-15/h7-10,18,20H,4-6,11-13H2,1-3H3. The van der Waals surface area contributed by atoms with E-state index in [2.05, 4.69) is 24.1 Å². The van der Waals surface area contributed by atoms with Gasteiger partial charge < -0.3 is 15.3 Å². The van der Waals surface area contributed by atoms with Crippen molar-refractivity contribution < 1.29 is 9.50 Å². The number of hydrogen-bond acceptors (Lipinski definition) is 3. The molecule has 0 aliphatic heterocycles. The highest BCUT2D eigenvalue weighted by molar-refractivity contribution is 5.45. The van der Waals surface area contributed by atoms with E-state index in [4.69, 9.17) is 0 Å². The van der Waals surface area contributed by atoms with Gasteiger partial charge in [-0.1, -0.05) is 13.8 Å². The molecule has 20 heavy (non-hydrogen) atoms. The lowest BCUT2D eigenvalue weighted by molar-refractivity contribution is 0.147. The van der Waals surface area contributed by atoms with Gasteiger partial charge in [0.25, 0.3) is 0 Å². The molecule has 3 nitrogen and oxygen atoms in total. The van der Waals surface area contributed by atoms with Crippen LogP contribution >= 0.6 is 0 Å². The average molecular weight is 282 g/mol. The van der Waals surface area contributed by atoms with Crippen molar-refractivity contribution in [2.24, 2.45) is 0 Å². The van der Waals surface area contributed by atoms with Crippen LogP contribution in [0.15, 0.2) is 24.3 Å². The first-order valence-corrected chi connectivity index (χ1v) is 7.39. The molecule has 0 amide bonds. The lowest BCUT2D eigenvalue weighted by Crippen LogP contribution is -2.48. The summed E-state index contributed by atoms with van der Waals surface area (Å²) < 4.78 is 12.9. The largest absolute Gasteiger partial charge is 0.394 e. The molecule has 0 fully saturated rings. The van der Waals surface area contributed by atoms with Crippen LogP contribution in [0.25, 0.3) is 0 Å². The SMILES string of the molecule is CCNC(CC)(CO)CCCN(C)c1ccc(F)cc1. The minimum atomic E-state index is -0.209. The number of benzene rings is 1. The first-order valence-electron chi connectivity index (χ1n) is 7.39. The molecule has 0 spiro atoms. The molecule has 0 aromatic heterocycles. The van der Waals surface area contributed by atoms with Crippen molar-refractivity contribution >= 4 is 5.69 Å². The number of nitrogens with one attached hydrogen (secondary N) is 1. The van der Waals surface area contributed by atoms with E-state index in [1.54, 1.807) is 12.1 Å². The van der Waals surface area contributed by atoms with E-state index in [9.17, 15) is 9.50 Å². The van der Waals surface area contributed by atoms with Crippen molar-refractivity contribution in [3.05, 3.63) is 30.1 Å². The Kier molecular flexibility index (Phi) is 6.96. The van der Waals surface area contributed by atoms with Gasteiger partial charge in [-0.05, 0) is 50.1 Å². The first-order chi connectivity index (χ1) is 9.56. The lowest BCUT2D eigenvalue weighted by Gasteiger charge is -2.32. The van der Waals surface area contributed by atoms with Gasteiger partial charge in [-0.2, -0.15) is 0 Å². The Bertz CT molecular complexity index is 377. The Morgan fingerprint density at radius 1 is 1.25 bits per heavy atom. The van der Waals surface area contributed by atoms with Crippen molar-refractivity contribution in [1.29, 1.82) is 0 Å². The van der Waals surface area contributed by atoms with E-state index >= 15 is 0 Å². The van der Waals surface area contributed by atoms with Gasteiger partial charge >= 0.3 is 0 Å². The third-order valence-electron chi connectivity index (χ3n) is 3.95. The highest BCUT2D eigenvalue weighted by Gasteiger charge is 2.25. The van der Waals surface area contributed by atoms with Crippen molar-refractivity contribution in [3.8, 4) is 0 Å². The van der Waals surface area contributed by atoms with Crippen LogP contribution in [0.3, 0.4) is 0 Å². The summed E-state index contributed by atoms with van der Waals surface area (Å²) in [6.45, 7) is 6.08. The van der Waals surface area contributed by atoms with Crippen LogP contribution in [-0.2, 0) is 0 Å². The molecule has 0 aliphatic rings. The Labute approximate surface area is 121 Å². The van der Waals surface area contributed by atoms with Gasteiger partial charge in [0.05, 0.1) is 6.61 Å². The molecule has 4 heteroatoms. The summed E-state index contributed by atoms with van der Waals surface area (Å²) in [5.74, 6) is -0.209. The maximum atomic E-state index is 12.9. The summed E-state index contributed by atoms with van der Waals surface area (Å²) in [4.78, 5) is 2.11. The topological polar surface area (TPSA) is 35.5 Å². The van der Waals surface area contributed by atoms with Gasteiger partial charge in [0.2, 0.25) is 0 Å². The highest BCUT2D eigenvalue weighted by Crippen LogP contribution is 2.19. The van der Waals surface area contributed by atoms with Crippen LogP contribution in [-0.4, -0.2) is 37.4 Å². The third-order valence-corrected chi connectivity index (χ3v) is 3.95. The zero-order valence-electron chi connectivity index (χ0n) is 12.8. The second-order valence-corrected chi connectivity index (χ2v) is 5.32. The van der Waals surface area contributed by atoms with Crippen molar-refractivity contribution in [3.63, 3.8) is 0 Å². The minimum absolute atomic E-state index is 0.164. The Hall–Kier alpha value is -1.13. The zero-order valence-corrected chi connectivity index (χ0v) is 12.8. The van der Waals surface area contributed by atoms with Crippen LogP contribution in [0, 0.1) is 5.82 Å². The fraction of sp³-hybridized carbons (Fsp3) is 0.625. The van der Waals surface area contributed by atoms with Crippen LogP contribution in [0.5, 0.6) is 0 Å². The maximum Gasteiger partial charge on any atom is 0.123 e. The maximum absolute atomic E-state index is 12.9. The van der Waals surface area contributed by atoms with Crippen LogP contribution in [0.4, 0.5) is 10.1 Å². The Morgan fingerprint density at radius 2 is 1.90 bits per heavy atom. The number of likely N-dealkylation sites (N-methyl/N-ethyl adjacent to an activating group) is 1. The smallest absolute Gasteiger partial charge is 0.123 e. The summed E-state index contributed by atoms with van der Waals surface area (Å²) >= 11 is 0. The molecule has 0 saturated heterocycles. The number of rotatable bonds is 9. The fourth-order valence-corrected chi connectivity index (χ4v) is 2.49.